The lowest BCUT2D eigenvalue weighted by Gasteiger charge is -2.29. The molecule has 0 unspecified atom stereocenters. The minimum Gasteiger partial charge on any atom is -0.302 e. The maximum absolute atomic E-state index is 13.2. The van der Waals surface area contributed by atoms with Crippen molar-refractivity contribution in [3.8, 4) is 0 Å². The van der Waals surface area contributed by atoms with E-state index in [0.29, 0.717) is 35.0 Å². The predicted molar refractivity (Wildman–Crippen MR) is 125 cm³/mol. The van der Waals surface area contributed by atoms with Gasteiger partial charge in [0.2, 0.25) is 10.0 Å². The fourth-order valence-electron chi connectivity index (χ4n) is 4.66. The van der Waals surface area contributed by atoms with Gasteiger partial charge in [-0.15, -0.1) is 0 Å². The number of amides is 2. The van der Waals surface area contributed by atoms with Crippen LogP contribution in [0, 0.1) is 0 Å². The summed E-state index contributed by atoms with van der Waals surface area (Å²) in [6.07, 6.45) is 2.28. The number of benzene rings is 3. The summed E-state index contributed by atoms with van der Waals surface area (Å²) in [6.45, 7) is 3.10. The van der Waals surface area contributed by atoms with Crippen LogP contribution in [0.1, 0.15) is 39.1 Å². The molecule has 0 aromatic heterocycles. The minimum absolute atomic E-state index is 0.0603. The van der Waals surface area contributed by atoms with Crippen LogP contribution in [0.5, 0.6) is 0 Å². The zero-order valence-corrected chi connectivity index (χ0v) is 19.0. The van der Waals surface area contributed by atoms with Crippen molar-refractivity contribution in [3.63, 3.8) is 0 Å². The highest BCUT2D eigenvalue weighted by Gasteiger charge is 2.34. The average Bonchev–Trinajstić information content (AvgIpc) is 3.35. The number of likely N-dealkylation sites (tertiary alicyclic amines) is 1. The van der Waals surface area contributed by atoms with E-state index in [9.17, 15) is 18.0 Å². The van der Waals surface area contributed by atoms with Gasteiger partial charge in [-0.25, -0.2) is 13.1 Å². The van der Waals surface area contributed by atoms with E-state index >= 15 is 0 Å². The second-order valence-corrected chi connectivity index (χ2v) is 10.2. The summed E-state index contributed by atoms with van der Waals surface area (Å²) in [6, 6.07) is 17.2. The molecule has 2 aliphatic rings. The molecule has 5 rings (SSSR count). The molecule has 1 fully saturated rings. The van der Waals surface area contributed by atoms with Crippen molar-refractivity contribution in [1.29, 1.82) is 0 Å². The third kappa shape index (κ3) is 4.06. The number of hydrogen-bond acceptors (Lipinski definition) is 5. The molecule has 0 aliphatic carbocycles. The molecule has 2 amide bonds. The Morgan fingerprint density at radius 3 is 2.21 bits per heavy atom. The molecule has 0 spiro atoms. The fraction of sp³-hybridized carbons (Fsp3) is 0.280. The Morgan fingerprint density at radius 1 is 0.788 bits per heavy atom. The maximum atomic E-state index is 13.2. The Morgan fingerprint density at radius 2 is 1.48 bits per heavy atom. The van der Waals surface area contributed by atoms with Crippen LogP contribution >= 0.6 is 0 Å². The standard InChI is InChI=1S/C25H25N3O4S/c29-24-20-10-6-9-19-22(33(31,32)26-17-18-7-2-1-3-8-18)12-11-21(23(19)20)25(30)28(24)16-15-27-13-4-5-14-27/h1-3,6-12,26H,4-5,13-17H2. The number of rotatable bonds is 7. The molecule has 8 heteroatoms. The molecule has 0 bridgehead atoms. The van der Waals surface area contributed by atoms with E-state index < -0.39 is 10.0 Å². The molecule has 3 aromatic rings. The van der Waals surface area contributed by atoms with Crippen molar-refractivity contribution in [2.24, 2.45) is 0 Å². The Hall–Kier alpha value is -3.07. The van der Waals surface area contributed by atoms with Crippen LogP contribution < -0.4 is 4.72 Å². The van der Waals surface area contributed by atoms with Crippen molar-refractivity contribution in [2.45, 2.75) is 24.3 Å². The molecular weight excluding hydrogens is 438 g/mol. The second-order valence-electron chi connectivity index (χ2n) is 8.46. The number of sulfonamides is 1. The maximum Gasteiger partial charge on any atom is 0.261 e. The smallest absolute Gasteiger partial charge is 0.261 e. The summed E-state index contributed by atoms with van der Waals surface area (Å²) in [5, 5.41) is 0.791. The van der Waals surface area contributed by atoms with Crippen LogP contribution in [0.3, 0.4) is 0 Å². The van der Waals surface area contributed by atoms with Crippen LogP contribution in [0.25, 0.3) is 10.8 Å². The Balaban J connectivity index is 1.47. The first-order valence-electron chi connectivity index (χ1n) is 11.1. The first-order valence-corrected chi connectivity index (χ1v) is 12.6. The van der Waals surface area contributed by atoms with Gasteiger partial charge in [-0.2, -0.15) is 0 Å². The summed E-state index contributed by atoms with van der Waals surface area (Å²) in [7, 11) is -3.87. The van der Waals surface area contributed by atoms with E-state index in [-0.39, 0.29) is 23.3 Å². The normalized spacial score (nSPS) is 16.7. The van der Waals surface area contributed by atoms with Gasteiger partial charge in [-0.05, 0) is 49.7 Å². The molecule has 170 valence electrons. The molecule has 2 aliphatic heterocycles. The van der Waals surface area contributed by atoms with Crippen molar-refractivity contribution in [3.05, 3.63) is 77.4 Å². The zero-order chi connectivity index (χ0) is 23.0. The van der Waals surface area contributed by atoms with Gasteiger partial charge in [0.25, 0.3) is 11.8 Å². The molecule has 3 aromatic carbocycles. The first kappa shape index (κ1) is 21.8. The molecule has 0 atom stereocenters. The van der Waals surface area contributed by atoms with Gasteiger partial charge in [-0.3, -0.25) is 14.5 Å². The van der Waals surface area contributed by atoms with Gasteiger partial charge >= 0.3 is 0 Å². The Kier molecular flexibility index (Phi) is 5.74. The fourth-order valence-corrected chi connectivity index (χ4v) is 5.88. The lowest BCUT2D eigenvalue weighted by atomic mass is 9.94. The van der Waals surface area contributed by atoms with E-state index in [2.05, 4.69) is 9.62 Å². The highest BCUT2D eigenvalue weighted by Crippen LogP contribution is 2.34. The predicted octanol–water partition coefficient (Wildman–Crippen LogP) is 3.01. The van der Waals surface area contributed by atoms with Crippen LogP contribution in [0.4, 0.5) is 0 Å². The Labute approximate surface area is 193 Å². The van der Waals surface area contributed by atoms with Crippen molar-refractivity contribution >= 4 is 32.6 Å². The summed E-state index contributed by atoms with van der Waals surface area (Å²) >= 11 is 0. The monoisotopic (exact) mass is 463 g/mol. The second kappa shape index (κ2) is 8.70. The average molecular weight is 464 g/mol. The SMILES string of the molecule is O=C1c2cccc3c(S(=O)(=O)NCc4ccccc4)ccc(c23)C(=O)N1CCN1CCCC1. The lowest BCUT2D eigenvalue weighted by Crippen LogP contribution is -2.44. The molecule has 0 saturated carbocycles. The van der Waals surface area contributed by atoms with Gasteiger partial charge in [0.15, 0.2) is 0 Å². The quantitative estimate of drug-likeness (QED) is 0.545. The third-order valence-electron chi connectivity index (χ3n) is 6.39. The number of imide groups is 1. The van der Waals surface area contributed by atoms with E-state index in [1.165, 1.54) is 17.0 Å². The van der Waals surface area contributed by atoms with Crippen molar-refractivity contribution in [1.82, 2.24) is 14.5 Å². The summed E-state index contributed by atoms with van der Waals surface area (Å²) < 4.78 is 28.9. The van der Waals surface area contributed by atoms with Gasteiger partial charge in [0, 0.05) is 41.5 Å². The van der Waals surface area contributed by atoms with E-state index in [1.54, 1.807) is 18.2 Å². The molecule has 7 nitrogen and oxygen atoms in total. The highest BCUT2D eigenvalue weighted by atomic mass is 32.2. The number of carbonyl (C=O) groups is 2. The molecular formula is C25H25N3O4S. The topological polar surface area (TPSA) is 86.8 Å². The van der Waals surface area contributed by atoms with E-state index in [1.807, 2.05) is 30.3 Å². The number of carbonyl (C=O) groups excluding carboxylic acids is 2. The van der Waals surface area contributed by atoms with Crippen LogP contribution in [0.2, 0.25) is 0 Å². The summed E-state index contributed by atoms with van der Waals surface area (Å²) in [5.41, 5.74) is 1.56. The van der Waals surface area contributed by atoms with Gasteiger partial charge in [0.1, 0.15) is 0 Å². The Bertz CT molecular complexity index is 1310. The van der Waals surface area contributed by atoms with E-state index in [4.69, 9.17) is 0 Å². The lowest BCUT2D eigenvalue weighted by molar-refractivity contribution is 0.0597. The molecule has 1 saturated heterocycles. The number of nitrogens with one attached hydrogen (secondary N) is 1. The zero-order valence-electron chi connectivity index (χ0n) is 18.2. The molecule has 2 heterocycles. The van der Waals surface area contributed by atoms with Crippen LogP contribution in [0.15, 0.2) is 65.6 Å². The van der Waals surface area contributed by atoms with Gasteiger partial charge in [-0.1, -0.05) is 42.5 Å². The summed E-state index contributed by atoms with van der Waals surface area (Å²) in [4.78, 5) is 30.0. The number of nitrogens with zero attached hydrogens (tertiary/aromatic N) is 2. The first-order chi connectivity index (χ1) is 16.0. The molecule has 0 radical (unpaired) electrons. The highest BCUT2D eigenvalue weighted by molar-refractivity contribution is 7.89. The van der Waals surface area contributed by atoms with Crippen molar-refractivity contribution < 1.29 is 18.0 Å². The minimum atomic E-state index is -3.87. The van der Waals surface area contributed by atoms with Gasteiger partial charge < -0.3 is 4.90 Å². The van der Waals surface area contributed by atoms with Crippen LogP contribution in [-0.4, -0.2) is 56.2 Å². The molecule has 1 N–H and O–H groups in total. The molecule has 33 heavy (non-hydrogen) atoms. The van der Waals surface area contributed by atoms with Crippen molar-refractivity contribution in [2.75, 3.05) is 26.2 Å². The van der Waals surface area contributed by atoms with E-state index in [0.717, 1.165) is 31.5 Å². The summed E-state index contributed by atoms with van der Waals surface area (Å²) in [5.74, 6) is -0.742. The van der Waals surface area contributed by atoms with Crippen LogP contribution in [-0.2, 0) is 16.6 Å². The number of hydrogen-bond donors (Lipinski definition) is 1. The van der Waals surface area contributed by atoms with Gasteiger partial charge in [0.05, 0.1) is 4.90 Å². The largest absolute Gasteiger partial charge is 0.302 e. The third-order valence-corrected chi connectivity index (χ3v) is 7.85.